The molecule has 0 bridgehead atoms. The zero-order chi connectivity index (χ0) is 14.8. The van der Waals surface area contributed by atoms with Crippen LogP contribution in [0.25, 0.3) is 5.69 Å². The number of hydrogen-bond donors (Lipinski definition) is 0. The van der Waals surface area contributed by atoms with Gasteiger partial charge < -0.3 is 0 Å². The lowest BCUT2D eigenvalue weighted by Gasteiger charge is -2.13. The predicted octanol–water partition coefficient (Wildman–Crippen LogP) is 2.60. The molecule has 3 rings (SSSR count). The monoisotopic (exact) mass is 287 g/mol. The number of ketones is 1. The van der Waals surface area contributed by atoms with Crippen molar-refractivity contribution in [2.45, 2.75) is 19.8 Å². The van der Waals surface area contributed by atoms with Crippen LogP contribution in [0.1, 0.15) is 28.9 Å². The van der Waals surface area contributed by atoms with Crippen molar-refractivity contribution in [2.24, 2.45) is 0 Å². The molecule has 0 aliphatic carbocycles. The van der Waals surface area contributed by atoms with Crippen molar-refractivity contribution in [2.75, 3.05) is 19.6 Å². The van der Waals surface area contributed by atoms with E-state index in [4.69, 9.17) is 0 Å². The third-order valence-electron chi connectivity index (χ3n) is 3.95. The molecule has 1 aliphatic rings. The highest BCUT2D eigenvalue weighted by Gasteiger charge is 2.20. The van der Waals surface area contributed by atoms with Gasteiger partial charge in [0, 0.05) is 0 Å². The summed E-state index contributed by atoms with van der Waals surface area (Å²) in [5.74, 6) is -0.184. The van der Waals surface area contributed by atoms with Crippen LogP contribution in [0, 0.1) is 12.7 Å². The van der Waals surface area contributed by atoms with Crippen LogP contribution < -0.4 is 0 Å². The Bertz CT molecular complexity index is 642. The van der Waals surface area contributed by atoms with Crippen LogP contribution in [0.4, 0.5) is 4.39 Å². The minimum absolute atomic E-state index is 0.0998. The molecule has 0 amide bonds. The molecule has 1 aromatic carbocycles. The maximum atomic E-state index is 13.0. The highest BCUT2D eigenvalue weighted by molar-refractivity contribution is 5.98. The smallest absolute Gasteiger partial charge is 0.180 e. The summed E-state index contributed by atoms with van der Waals surface area (Å²) >= 11 is 0. The number of hydrogen-bond acceptors (Lipinski definition) is 3. The van der Waals surface area contributed by atoms with Crippen LogP contribution in [-0.2, 0) is 0 Å². The van der Waals surface area contributed by atoms with Crippen molar-refractivity contribution < 1.29 is 9.18 Å². The first kappa shape index (κ1) is 13.9. The first-order valence-electron chi connectivity index (χ1n) is 7.21. The molecule has 110 valence electrons. The van der Waals surface area contributed by atoms with E-state index >= 15 is 0 Å². The average molecular weight is 287 g/mol. The highest BCUT2D eigenvalue weighted by atomic mass is 19.1. The Morgan fingerprint density at radius 3 is 2.57 bits per heavy atom. The van der Waals surface area contributed by atoms with Gasteiger partial charge in [-0.25, -0.2) is 9.07 Å². The molecule has 0 atom stereocenters. The van der Waals surface area contributed by atoms with Gasteiger partial charge in [-0.1, -0.05) is 0 Å². The number of carbonyl (C=O) groups is 1. The molecule has 1 fully saturated rings. The second kappa shape index (κ2) is 5.77. The third kappa shape index (κ3) is 2.88. The fourth-order valence-corrected chi connectivity index (χ4v) is 2.75. The van der Waals surface area contributed by atoms with E-state index < -0.39 is 0 Å². The molecule has 1 saturated heterocycles. The number of likely N-dealkylation sites (tertiary alicyclic amines) is 1. The van der Waals surface area contributed by atoms with Crippen molar-refractivity contribution in [1.82, 2.24) is 14.7 Å². The minimum Gasteiger partial charge on any atom is -0.296 e. The Balaban J connectivity index is 1.81. The number of benzene rings is 1. The van der Waals surface area contributed by atoms with Gasteiger partial charge in [0.15, 0.2) is 5.78 Å². The lowest BCUT2D eigenvalue weighted by atomic mass is 10.1. The van der Waals surface area contributed by atoms with Gasteiger partial charge in [0.2, 0.25) is 0 Å². The summed E-state index contributed by atoms with van der Waals surface area (Å²) in [6.07, 6.45) is 3.94. The Hall–Kier alpha value is -2.01. The van der Waals surface area contributed by atoms with Gasteiger partial charge >= 0.3 is 0 Å². The third-order valence-corrected chi connectivity index (χ3v) is 3.95. The molecule has 4 nitrogen and oxygen atoms in total. The van der Waals surface area contributed by atoms with E-state index in [0.717, 1.165) is 24.5 Å². The number of halogens is 1. The Kier molecular flexibility index (Phi) is 3.84. The number of rotatable bonds is 4. The number of Topliss-reactive ketones (excluding diaryl/α,β-unsaturated/α-hetero) is 1. The minimum atomic E-state index is -0.283. The topological polar surface area (TPSA) is 38.1 Å². The predicted molar refractivity (Wildman–Crippen MR) is 78.3 cm³/mol. The van der Waals surface area contributed by atoms with E-state index in [9.17, 15) is 9.18 Å². The largest absolute Gasteiger partial charge is 0.296 e. The summed E-state index contributed by atoms with van der Waals surface area (Å²) < 4.78 is 14.7. The maximum absolute atomic E-state index is 13.0. The molecule has 5 heteroatoms. The molecule has 2 aromatic rings. The zero-order valence-electron chi connectivity index (χ0n) is 12.1. The summed E-state index contributed by atoms with van der Waals surface area (Å²) in [6.45, 7) is 4.32. The molecule has 2 heterocycles. The van der Waals surface area contributed by atoms with Gasteiger partial charge in [-0.15, -0.1) is 0 Å². The van der Waals surface area contributed by atoms with Gasteiger partial charge in [-0.05, 0) is 57.1 Å². The van der Waals surface area contributed by atoms with Crippen molar-refractivity contribution in [1.29, 1.82) is 0 Å². The Morgan fingerprint density at radius 2 is 1.90 bits per heavy atom. The lowest BCUT2D eigenvalue weighted by molar-refractivity contribution is 0.0944. The SMILES string of the molecule is Cc1c(C(=O)CN2CCCC2)cnn1-c1ccc(F)cc1. The lowest BCUT2D eigenvalue weighted by Crippen LogP contribution is -2.27. The first-order chi connectivity index (χ1) is 10.1. The van der Waals surface area contributed by atoms with Gasteiger partial charge in [-0.2, -0.15) is 5.10 Å². The molecule has 0 spiro atoms. The van der Waals surface area contributed by atoms with Crippen molar-refractivity contribution >= 4 is 5.78 Å². The van der Waals surface area contributed by atoms with Crippen LogP contribution in [0.5, 0.6) is 0 Å². The van der Waals surface area contributed by atoms with Crippen molar-refractivity contribution in [3.63, 3.8) is 0 Å². The van der Waals surface area contributed by atoms with Crippen LogP contribution >= 0.6 is 0 Å². The maximum Gasteiger partial charge on any atom is 0.180 e. The second-order valence-corrected chi connectivity index (χ2v) is 5.44. The molecule has 1 aromatic heterocycles. The molecular weight excluding hydrogens is 269 g/mol. The van der Waals surface area contributed by atoms with Crippen molar-refractivity contribution in [3.8, 4) is 5.69 Å². The van der Waals surface area contributed by atoms with E-state index in [0.29, 0.717) is 12.1 Å². The molecular formula is C16H18FN3O. The van der Waals surface area contributed by atoms with E-state index in [1.807, 2.05) is 6.92 Å². The summed E-state index contributed by atoms with van der Waals surface area (Å²) in [6, 6.07) is 6.10. The Labute approximate surface area is 123 Å². The van der Waals surface area contributed by atoms with Crippen LogP contribution in [0.2, 0.25) is 0 Å². The number of nitrogens with zero attached hydrogens (tertiary/aromatic N) is 3. The average Bonchev–Trinajstić information content (AvgIpc) is 3.09. The molecule has 1 aliphatic heterocycles. The molecule has 21 heavy (non-hydrogen) atoms. The van der Waals surface area contributed by atoms with Crippen LogP contribution in [-0.4, -0.2) is 40.1 Å². The van der Waals surface area contributed by atoms with Crippen molar-refractivity contribution in [3.05, 3.63) is 47.5 Å². The summed E-state index contributed by atoms with van der Waals surface area (Å²) in [5, 5.41) is 4.27. The van der Waals surface area contributed by atoms with Crippen LogP contribution in [0.15, 0.2) is 30.5 Å². The number of aromatic nitrogens is 2. The van der Waals surface area contributed by atoms with Gasteiger partial charge in [0.1, 0.15) is 5.82 Å². The zero-order valence-corrected chi connectivity index (χ0v) is 12.1. The normalized spacial score (nSPS) is 15.5. The fraction of sp³-hybridized carbons (Fsp3) is 0.375. The first-order valence-corrected chi connectivity index (χ1v) is 7.21. The molecule has 0 saturated carbocycles. The van der Waals surface area contributed by atoms with E-state index in [1.54, 1.807) is 23.0 Å². The quantitative estimate of drug-likeness (QED) is 0.811. The van der Waals surface area contributed by atoms with E-state index in [1.165, 1.54) is 25.0 Å². The van der Waals surface area contributed by atoms with E-state index in [2.05, 4.69) is 10.00 Å². The molecule has 0 radical (unpaired) electrons. The van der Waals surface area contributed by atoms with Gasteiger partial charge in [0.05, 0.1) is 29.7 Å². The standard InChI is InChI=1S/C16H18FN3O/c1-12-15(16(21)11-19-8-2-3-9-19)10-18-20(12)14-6-4-13(17)5-7-14/h4-7,10H,2-3,8-9,11H2,1H3. The molecule has 0 unspecified atom stereocenters. The Morgan fingerprint density at radius 1 is 1.24 bits per heavy atom. The van der Waals surface area contributed by atoms with Crippen LogP contribution in [0.3, 0.4) is 0 Å². The van der Waals surface area contributed by atoms with Gasteiger partial charge in [-0.3, -0.25) is 9.69 Å². The molecule has 0 N–H and O–H groups in total. The van der Waals surface area contributed by atoms with E-state index in [-0.39, 0.29) is 11.6 Å². The number of carbonyl (C=O) groups excluding carboxylic acids is 1. The fourth-order valence-electron chi connectivity index (χ4n) is 2.75. The highest BCUT2D eigenvalue weighted by Crippen LogP contribution is 2.16. The van der Waals surface area contributed by atoms with Gasteiger partial charge in [0.25, 0.3) is 0 Å². The summed E-state index contributed by atoms with van der Waals surface area (Å²) in [4.78, 5) is 14.5. The second-order valence-electron chi connectivity index (χ2n) is 5.44. The summed E-state index contributed by atoms with van der Waals surface area (Å²) in [7, 11) is 0. The summed E-state index contributed by atoms with van der Waals surface area (Å²) in [5.41, 5.74) is 2.20.